The summed E-state index contributed by atoms with van der Waals surface area (Å²) < 4.78 is 0. The summed E-state index contributed by atoms with van der Waals surface area (Å²) >= 11 is 11.6. The summed E-state index contributed by atoms with van der Waals surface area (Å²) in [5.74, 6) is 0.0799. The lowest BCUT2D eigenvalue weighted by atomic mass is 10.0. The maximum absolute atomic E-state index is 12.2. The zero-order chi connectivity index (χ0) is 18.0. The van der Waals surface area contributed by atoms with Gasteiger partial charge in [0.25, 0.3) is 5.91 Å². The van der Waals surface area contributed by atoms with Gasteiger partial charge in [-0.1, -0.05) is 23.2 Å². The van der Waals surface area contributed by atoms with Crippen LogP contribution in [-0.2, 0) is 0 Å². The molecule has 2 aromatic rings. The third-order valence-electron chi connectivity index (χ3n) is 4.06. The van der Waals surface area contributed by atoms with Crippen LogP contribution in [0, 0.1) is 10.1 Å². The highest BCUT2D eigenvalue weighted by Gasteiger charge is 2.27. The predicted molar refractivity (Wildman–Crippen MR) is 94.4 cm³/mol. The number of hydrogen-bond donors (Lipinski definition) is 2. The van der Waals surface area contributed by atoms with Crippen molar-refractivity contribution in [3.05, 3.63) is 50.4 Å². The maximum atomic E-state index is 12.2. The van der Waals surface area contributed by atoms with E-state index in [4.69, 9.17) is 23.2 Å². The number of halogens is 2. The van der Waals surface area contributed by atoms with Crippen LogP contribution in [0.4, 0.5) is 11.5 Å². The first-order chi connectivity index (χ1) is 12.0. The number of nitro groups is 1. The van der Waals surface area contributed by atoms with Crippen LogP contribution < -0.4 is 10.2 Å². The van der Waals surface area contributed by atoms with E-state index in [0.717, 1.165) is 0 Å². The molecule has 1 saturated heterocycles. The monoisotopic (exact) mass is 383 g/mol. The first kappa shape index (κ1) is 17.5. The van der Waals surface area contributed by atoms with E-state index < -0.39 is 4.92 Å². The lowest BCUT2D eigenvalue weighted by molar-refractivity contribution is -0.384. The van der Waals surface area contributed by atoms with Gasteiger partial charge in [-0.25, -0.2) is 4.98 Å². The number of piperidine rings is 1. The molecule has 10 heteroatoms. The summed E-state index contributed by atoms with van der Waals surface area (Å²) in [5.41, 5.74) is 0.290. The van der Waals surface area contributed by atoms with Crippen molar-refractivity contribution in [3.63, 3.8) is 0 Å². The van der Waals surface area contributed by atoms with E-state index in [1.54, 1.807) is 6.07 Å². The Balaban J connectivity index is 1.61. The van der Waals surface area contributed by atoms with Crippen molar-refractivity contribution >= 4 is 40.6 Å². The normalized spacial score (nSPS) is 15.2. The van der Waals surface area contributed by atoms with Crippen LogP contribution in [-0.4, -0.2) is 39.9 Å². The van der Waals surface area contributed by atoms with E-state index in [0.29, 0.717) is 42.5 Å². The molecule has 0 spiro atoms. The van der Waals surface area contributed by atoms with Gasteiger partial charge >= 0.3 is 5.69 Å². The van der Waals surface area contributed by atoms with Crippen molar-refractivity contribution in [1.82, 2.24) is 15.3 Å². The summed E-state index contributed by atoms with van der Waals surface area (Å²) in [6.45, 7) is 1.13. The van der Waals surface area contributed by atoms with Crippen LogP contribution in [0.1, 0.15) is 23.3 Å². The zero-order valence-electron chi connectivity index (χ0n) is 13.0. The number of anilines is 1. The molecular formula is C15H15Cl2N5O3. The summed E-state index contributed by atoms with van der Waals surface area (Å²) in [6, 6.07) is 4.43. The molecule has 0 unspecified atom stereocenters. The maximum Gasteiger partial charge on any atom is 0.311 e. The Bertz CT molecular complexity index is 783. The van der Waals surface area contributed by atoms with Crippen molar-refractivity contribution < 1.29 is 9.72 Å². The number of carbonyl (C=O) groups is 1. The van der Waals surface area contributed by atoms with Gasteiger partial charge in [-0.3, -0.25) is 14.9 Å². The van der Waals surface area contributed by atoms with E-state index in [-0.39, 0.29) is 22.8 Å². The number of rotatable bonds is 4. The van der Waals surface area contributed by atoms with Gasteiger partial charge in [0.1, 0.15) is 10.8 Å². The number of amides is 1. The molecule has 2 N–H and O–H groups in total. The molecule has 2 aromatic heterocycles. The number of carbonyl (C=O) groups excluding carboxylic acids is 1. The zero-order valence-corrected chi connectivity index (χ0v) is 14.5. The third kappa shape index (κ3) is 3.85. The number of aromatic amines is 1. The molecule has 1 amide bonds. The Kier molecular flexibility index (Phi) is 5.10. The lowest BCUT2D eigenvalue weighted by Crippen LogP contribution is -2.45. The number of nitrogens with zero attached hydrogens (tertiary/aromatic N) is 3. The lowest BCUT2D eigenvalue weighted by Gasteiger charge is -2.32. The molecule has 0 atom stereocenters. The molecule has 0 radical (unpaired) electrons. The summed E-state index contributed by atoms with van der Waals surface area (Å²) in [4.78, 5) is 31.6. The van der Waals surface area contributed by atoms with Crippen molar-refractivity contribution in [2.75, 3.05) is 18.0 Å². The molecule has 3 heterocycles. The van der Waals surface area contributed by atoms with E-state index in [1.807, 2.05) is 4.90 Å². The summed E-state index contributed by atoms with van der Waals surface area (Å²) in [7, 11) is 0. The molecule has 0 aromatic carbocycles. The number of aromatic nitrogens is 2. The standard InChI is InChI=1S/C15H15Cl2N5O3/c16-10-8-11(20-13(10)17)15(23)19-9-3-6-21(7-4-9)14-12(22(24)25)2-1-5-18-14/h1-2,5,8-9,20H,3-4,6-7H2,(H,19,23). The summed E-state index contributed by atoms with van der Waals surface area (Å²) in [5, 5.41) is 14.6. The topological polar surface area (TPSA) is 104 Å². The second kappa shape index (κ2) is 7.28. The Morgan fingerprint density at radius 3 is 2.72 bits per heavy atom. The fraction of sp³-hybridized carbons (Fsp3) is 0.333. The molecule has 0 saturated carbocycles. The minimum Gasteiger partial charge on any atom is -0.351 e. The molecule has 132 valence electrons. The van der Waals surface area contributed by atoms with E-state index >= 15 is 0 Å². The van der Waals surface area contributed by atoms with Gasteiger partial charge in [0, 0.05) is 31.4 Å². The Labute approximate surface area is 153 Å². The molecule has 3 rings (SSSR count). The van der Waals surface area contributed by atoms with Crippen molar-refractivity contribution in [3.8, 4) is 0 Å². The average molecular weight is 384 g/mol. The molecule has 0 aliphatic carbocycles. The second-order valence-corrected chi connectivity index (χ2v) is 6.47. The van der Waals surface area contributed by atoms with Crippen LogP contribution in [0.25, 0.3) is 0 Å². The van der Waals surface area contributed by atoms with Gasteiger partial charge in [0.2, 0.25) is 5.82 Å². The van der Waals surface area contributed by atoms with Gasteiger partial charge in [-0.15, -0.1) is 0 Å². The van der Waals surface area contributed by atoms with Crippen LogP contribution >= 0.6 is 23.2 Å². The highest BCUT2D eigenvalue weighted by atomic mass is 35.5. The van der Waals surface area contributed by atoms with Gasteiger partial charge in [-0.2, -0.15) is 0 Å². The molecule has 0 bridgehead atoms. The highest BCUT2D eigenvalue weighted by Crippen LogP contribution is 2.27. The van der Waals surface area contributed by atoms with Crippen molar-refractivity contribution in [1.29, 1.82) is 0 Å². The first-order valence-electron chi connectivity index (χ1n) is 7.65. The van der Waals surface area contributed by atoms with Gasteiger partial charge in [0.15, 0.2) is 0 Å². The molecule has 8 nitrogen and oxygen atoms in total. The third-order valence-corrected chi connectivity index (χ3v) is 4.76. The van der Waals surface area contributed by atoms with E-state index in [1.165, 1.54) is 18.3 Å². The molecular weight excluding hydrogens is 369 g/mol. The molecule has 25 heavy (non-hydrogen) atoms. The van der Waals surface area contributed by atoms with Crippen molar-refractivity contribution in [2.24, 2.45) is 0 Å². The minimum absolute atomic E-state index is 0.0133. The van der Waals surface area contributed by atoms with Gasteiger partial charge in [-0.05, 0) is 25.0 Å². The Morgan fingerprint density at radius 2 is 2.12 bits per heavy atom. The Morgan fingerprint density at radius 1 is 1.40 bits per heavy atom. The minimum atomic E-state index is -0.436. The van der Waals surface area contributed by atoms with Crippen molar-refractivity contribution in [2.45, 2.75) is 18.9 Å². The molecule has 1 aliphatic heterocycles. The smallest absolute Gasteiger partial charge is 0.311 e. The quantitative estimate of drug-likeness (QED) is 0.623. The number of H-pyrrole nitrogens is 1. The van der Waals surface area contributed by atoms with E-state index in [2.05, 4.69) is 15.3 Å². The number of hydrogen-bond acceptors (Lipinski definition) is 5. The number of pyridine rings is 1. The second-order valence-electron chi connectivity index (χ2n) is 5.68. The van der Waals surface area contributed by atoms with Gasteiger partial charge < -0.3 is 15.2 Å². The molecule has 1 fully saturated rings. The number of nitrogens with one attached hydrogen (secondary N) is 2. The Hall–Kier alpha value is -2.32. The van der Waals surface area contributed by atoms with Crippen LogP contribution in [0.15, 0.2) is 24.4 Å². The van der Waals surface area contributed by atoms with Crippen LogP contribution in [0.3, 0.4) is 0 Å². The SMILES string of the molecule is O=C(NC1CCN(c2ncccc2[N+](=O)[O-])CC1)c1cc(Cl)c(Cl)[nH]1. The highest BCUT2D eigenvalue weighted by molar-refractivity contribution is 6.41. The van der Waals surface area contributed by atoms with E-state index in [9.17, 15) is 14.9 Å². The predicted octanol–water partition coefficient (Wildman–Crippen LogP) is 3.02. The van der Waals surface area contributed by atoms with Crippen LogP contribution in [0.2, 0.25) is 10.2 Å². The van der Waals surface area contributed by atoms with Crippen LogP contribution in [0.5, 0.6) is 0 Å². The largest absolute Gasteiger partial charge is 0.351 e. The fourth-order valence-corrected chi connectivity index (χ4v) is 3.11. The van der Waals surface area contributed by atoms with Gasteiger partial charge in [0.05, 0.1) is 9.95 Å². The fourth-order valence-electron chi connectivity index (χ4n) is 2.80. The summed E-state index contributed by atoms with van der Waals surface area (Å²) in [6.07, 6.45) is 2.85. The first-order valence-corrected chi connectivity index (χ1v) is 8.40. The average Bonchev–Trinajstić information content (AvgIpc) is 2.95. The molecule has 1 aliphatic rings.